The highest BCUT2D eigenvalue weighted by molar-refractivity contribution is 6.31. The maximum Gasteiger partial charge on any atom is 0.329 e. The van der Waals surface area contributed by atoms with Crippen molar-refractivity contribution >= 4 is 28.5 Å². The molecule has 25 heavy (non-hydrogen) atoms. The molecule has 2 aromatic heterocycles. The molecule has 128 valence electrons. The lowest BCUT2D eigenvalue weighted by atomic mass is 10.1. The number of carbonyl (C=O) groups excluding carboxylic acids is 1. The van der Waals surface area contributed by atoms with E-state index in [0.717, 1.165) is 11.1 Å². The van der Waals surface area contributed by atoms with Gasteiger partial charge >= 0.3 is 5.69 Å². The molecule has 0 atom stereocenters. The zero-order valence-electron chi connectivity index (χ0n) is 13.6. The van der Waals surface area contributed by atoms with Gasteiger partial charge in [-0.15, -0.1) is 0 Å². The number of H-pyrrole nitrogens is 1. The van der Waals surface area contributed by atoms with Crippen LogP contribution in [0.2, 0.25) is 5.02 Å². The predicted molar refractivity (Wildman–Crippen MR) is 95.0 cm³/mol. The summed E-state index contributed by atoms with van der Waals surface area (Å²) in [6, 6.07) is 6.91. The number of fused-ring (bicyclic) bond motifs is 1. The van der Waals surface area contributed by atoms with Crippen LogP contribution in [-0.2, 0) is 13.6 Å². The average Bonchev–Trinajstić information content (AvgIpc) is 2.60. The minimum absolute atomic E-state index is 0.178. The molecule has 0 radical (unpaired) electrons. The summed E-state index contributed by atoms with van der Waals surface area (Å²) in [5.41, 5.74) is 1.16. The standard InChI is InChI=1S/C17H15ClN4O3/c1-9-5-10(3-4-13(9)18)7-20-15(23)11-6-12-14(19-8-11)22(2)17(25)21-16(12)24/h3-6,8H,7H2,1-2H3,(H,20,23)(H,21,24,25). The fourth-order valence-electron chi connectivity index (χ4n) is 2.46. The fourth-order valence-corrected chi connectivity index (χ4v) is 2.58. The predicted octanol–water partition coefficient (Wildman–Crippen LogP) is 1.51. The number of nitrogens with zero attached hydrogens (tertiary/aromatic N) is 2. The summed E-state index contributed by atoms with van der Waals surface area (Å²) in [6.45, 7) is 2.20. The van der Waals surface area contributed by atoms with Gasteiger partial charge in [-0.05, 0) is 30.2 Å². The molecular formula is C17H15ClN4O3. The molecule has 2 heterocycles. The minimum atomic E-state index is -0.575. The Kier molecular flexibility index (Phi) is 4.41. The SMILES string of the molecule is Cc1cc(CNC(=O)c2cnc3c(c2)c(=O)[nH]c(=O)n3C)ccc1Cl. The Labute approximate surface area is 147 Å². The fraction of sp³-hybridized carbons (Fsp3) is 0.176. The molecule has 7 nitrogen and oxygen atoms in total. The van der Waals surface area contributed by atoms with Gasteiger partial charge in [0.25, 0.3) is 11.5 Å². The maximum atomic E-state index is 12.3. The van der Waals surface area contributed by atoms with Crippen LogP contribution in [0.1, 0.15) is 21.5 Å². The number of benzene rings is 1. The first kappa shape index (κ1) is 16.9. The number of pyridine rings is 1. The third-order valence-electron chi connectivity index (χ3n) is 3.89. The topological polar surface area (TPSA) is 96.8 Å². The summed E-state index contributed by atoms with van der Waals surface area (Å²) in [5, 5.41) is 3.61. The highest BCUT2D eigenvalue weighted by Gasteiger charge is 2.11. The summed E-state index contributed by atoms with van der Waals surface area (Å²) < 4.78 is 1.22. The van der Waals surface area contributed by atoms with E-state index < -0.39 is 11.2 Å². The molecule has 0 spiro atoms. The molecule has 0 saturated carbocycles. The van der Waals surface area contributed by atoms with Crippen LogP contribution in [-0.4, -0.2) is 20.4 Å². The van der Waals surface area contributed by atoms with Crippen molar-refractivity contribution in [1.82, 2.24) is 19.9 Å². The van der Waals surface area contributed by atoms with Crippen LogP contribution >= 0.6 is 11.6 Å². The Morgan fingerprint density at radius 2 is 2.08 bits per heavy atom. The van der Waals surface area contributed by atoms with Crippen LogP contribution in [0.5, 0.6) is 0 Å². The zero-order valence-corrected chi connectivity index (χ0v) is 14.3. The Morgan fingerprint density at radius 1 is 1.32 bits per heavy atom. The van der Waals surface area contributed by atoms with Crippen molar-refractivity contribution in [2.24, 2.45) is 7.05 Å². The number of rotatable bonds is 3. The van der Waals surface area contributed by atoms with Gasteiger partial charge in [-0.3, -0.25) is 19.1 Å². The number of aromatic amines is 1. The third-order valence-corrected chi connectivity index (χ3v) is 4.32. The van der Waals surface area contributed by atoms with Gasteiger partial charge in [0.1, 0.15) is 5.65 Å². The molecule has 1 amide bonds. The molecule has 0 aliphatic heterocycles. The summed E-state index contributed by atoms with van der Waals surface area (Å²) in [4.78, 5) is 42.1. The van der Waals surface area contributed by atoms with E-state index in [4.69, 9.17) is 11.6 Å². The molecule has 0 saturated heterocycles. The van der Waals surface area contributed by atoms with Crippen LogP contribution in [0.4, 0.5) is 0 Å². The zero-order chi connectivity index (χ0) is 18.1. The molecule has 1 aromatic carbocycles. The normalized spacial score (nSPS) is 10.8. The first-order valence-corrected chi connectivity index (χ1v) is 7.87. The van der Waals surface area contributed by atoms with Gasteiger partial charge in [0.05, 0.1) is 10.9 Å². The van der Waals surface area contributed by atoms with Crippen LogP contribution in [0, 0.1) is 6.92 Å². The second-order valence-electron chi connectivity index (χ2n) is 5.68. The first-order valence-electron chi connectivity index (χ1n) is 7.49. The van der Waals surface area contributed by atoms with Gasteiger partial charge in [0.2, 0.25) is 0 Å². The molecule has 8 heteroatoms. The van der Waals surface area contributed by atoms with Crippen molar-refractivity contribution in [3.05, 3.63) is 73.0 Å². The first-order chi connectivity index (χ1) is 11.9. The largest absolute Gasteiger partial charge is 0.348 e. The molecular weight excluding hydrogens is 344 g/mol. The van der Waals surface area contributed by atoms with Gasteiger partial charge in [-0.25, -0.2) is 9.78 Å². The quantitative estimate of drug-likeness (QED) is 0.741. The monoisotopic (exact) mass is 358 g/mol. The van der Waals surface area contributed by atoms with Gasteiger partial charge < -0.3 is 5.32 Å². The Balaban J connectivity index is 1.86. The van der Waals surface area contributed by atoms with Crippen molar-refractivity contribution in [3.8, 4) is 0 Å². The summed E-state index contributed by atoms with van der Waals surface area (Å²) in [6.07, 6.45) is 1.34. The number of halogens is 1. The Bertz CT molecular complexity index is 1100. The van der Waals surface area contributed by atoms with E-state index in [-0.39, 0.29) is 22.5 Å². The number of aromatic nitrogens is 3. The van der Waals surface area contributed by atoms with Crippen LogP contribution in [0.25, 0.3) is 11.0 Å². The molecule has 3 rings (SSSR count). The van der Waals surface area contributed by atoms with Crippen LogP contribution < -0.4 is 16.6 Å². The summed E-state index contributed by atoms with van der Waals surface area (Å²) in [5.74, 6) is -0.366. The third kappa shape index (κ3) is 3.32. The average molecular weight is 359 g/mol. The lowest BCUT2D eigenvalue weighted by Gasteiger charge is -2.08. The summed E-state index contributed by atoms with van der Waals surface area (Å²) >= 11 is 5.98. The van der Waals surface area contributed by atoms with Crippen LogP contribution in [0.15, 0.2) is 40.1 Å². The van der Waals surface area contributed by atoms with Gasteiger partial charge in [0, 0.05) is 24.8 Å². The molecule has 0 bridgehead atoms. The molecule has 2 N–H and O–H groups in total. The number of hydrogen-bond acceptors (Lipinski definition) is 4. The van der Waals surface area contributed by atoms with Gasteiger partial charge in [0.15, 0.2) is 0 Å². The number of carbonyl (C=O) groups is 1. The molecule has 3 aromatic rings. The number of amides is 1. The number of aryl methyl sites for hydroxylation is 2. The lowest BCUT2D eigenvalue weighted by molar-refractivity contribution is 0.0950. The second kappa shape index (κ2) is 6.52. The van der Waals surface area contributed by atoms with Gasteiger partial charge in [-0.2, -0.15) is 0 Å². The van der Waals surface area contributed by atoms with Crippen molar-refractivity contribution < 1.29 is 4.79 Å². The van der Waals surface area contributed by atoms with E-state index in [1.807, 2.05) is 19.1 Å². The van der Waals surface area contributed by atoms with Crippen molar-refractivity contribution in [1.29, 1.82) is 0 Å². The lowest BCUT2D eigenvalue weighted by Crippen LogP contribution is -2.29. The van der Waals surface area contributed by atoms with E-state index in [1.165, 1.54) is 23.9 Å². The summed E-state index contributed by atoms with van der Waals surface area (Å²) in [7, 11) is 1.50. The number of hydrogen-bond donors (Lipinski definition) is 2. The Morgan fingerprint density at radius 3 is 2.80 bits per heavy atom. The van der Waals surface area contributed by atoms with Crippen molar-refractivity contribution in [3.63, 3.8) is 0 Å². The number of nitrogens with one attached hydrogen (secondary N) is 2. The van der Waals surface area contributed by atoms with Crippen LogP contribution in [0.3, 0.4) is 0 Å². The maximum absolute atomic E-state index is 12.3. The second-order valence-corrected chi connectivity index (χ2v) is 6.09. The highest BCUT2D eigenvalue weighted by Crippen LogP contribution is 2.16. The smallest absolute Gasteiger partial charge is 0.329 e. The van der Waals surface area contributed by atoms with E-state index in [1.54, 1.807) is 6.07 Å². The highest BCUT2D eigenvalue weighted by atomic mass is 35.5. The molecule has 0 aliphatic rings. The van der Waals surface area contributed by atoms with E-state index in [2.05, 4.69) is 15.3 Å². The van der Waals surface area contributed by atoms with E-state index in [0.29, 0.717) is 11.6 Å². The Hall–Kier alpha value is -2.93. The van der Waals surface area contributed by atoms with E-state index >= 15 is 0 Å². The minimum Gasteiger partial charge on any atom is -0.348 e. The van der Waals surface area contributed by atoms with Crippen molar-refractivity contribution in [2.45, 2.75) is 13.5 Å². The van der Waals surface area contributed by atoms with Crippen molar-refractivity contribution in [2.75, 3.05) is 0 Å². The van der Waals surface area contributed by atoms with E-state index in [9.17, 15) is 14.4 Å². The molecule has 0 unspecified atom stereocenters. The molecule has 0 fully saturated rings. The molecule has 0 aliphatic carbocycles. The van der Waals surface area contributed by atoms with Gasteiger partial charge in [-0.1, -0.05) is 23.7 Å².